The molecule has 3 rings (SSSR count). The number of anilines is 1. The zero-order valence-electron chi connectivity index (χ0n) is 13.1. The molecule has 2 aliphatic heterocycles. The van der Waals surface area contributed by atoms with E-state index < -0.39 is 6.09 Å². The number of rotatable bonds is 0. The highest BCUT2D eigenvalue weighted by molar-refractivity contribution is 5.66. The normalized spacial score (nSPS) is 20.7. The van der Waals surface area contributed by atoms with Crippen molar-refractivity contribution in [2.24, 2.45) is 0 Å². The fraction of sp³-hybridized carbons (Fsp3) is 0.588. The van der Waals surface area contributed by atoms with Crippen molar-refractivity contribution in [1.29, 1.82) is 0 Å². The first-order chi connectivity index (χ1) is 9.83. The number of hydrogen-bond donors (Lipinski definition) is 0. The first-order valence-corrected chi connectivity index (χ1v) is 7.67. The molecule has 1 saturated heterocycles. The Morgan fingerprint density at radius 1 is 1.19 bits per heavy atom. The van der Waals surface area contributed by atoms with Gasteiger partial charge in [0.2, 0.25) is 0 Å². The Morgan fingerprint density at radius 2 is 1.81 bits per heavy atom. The zero-order chi connectivity index (χ0) is 15.3. The number of piperidine rings is 1. The van der Waals surface area contributed by atoms with Gasteiger partial charge in [0.1, 0.15) is 6.09 Å². The summed E-state index contributed by atoms with van der Waals surface area (Å²) < 4.78 is 0. The van der Waals surface area contributed by atoms with Gasteiger partial charge in [0.05, 0.1) is 0 Å². The molecule has 0 aliphatic carbocycles. The Labute approximate surface area is 126 Å². The molecule has 0 radical (unpaired) electrons. The summed E-state index contributed by atoms with van der Waals surface area (Å²) in [5, 5.41) is 11.0. The van der Waals surface area contributed by atoms with E-state index in [1.54, 1.807) is 0 Å². The first-order valence-electron chi connectivity index (χ1n) is 7.67. The van der Waals surface area contributed by atoms with Crippen molar-refractivity contribution in [3.05, 3.63) is 29.8 Å². The monoisotopic (exact) mass is 287 g/mol. The number of carbonyl (C=O) groups excluding carboxylic acids is 1. The molecule has 1 amide bonds. The number of amides is 1. The van der Waals surface area contributed by atoms with E-state index >= 15 is 0 Å². The van der Waals surface area contributed by atoms with E-state index in [4.69, 9.17) is 0 Å². The molecule has 0 bridgehead atoms. The summed E-state index contributed by atoms with van der Waals surface area (Å²) in [6.07, 6.45) is 0.721. The number of nitrogens with zero attached hydrogens (tertiary/aromatic N) is 2. The predicted octanol–water partition coefficient (Wildman–Crippen LogP) is 1.98. The molecule has 0 atom stereocenters. The summed E-state index contributed by atoms with van der Waals surface area (Å²) in [5.74, 6) is 0. The van der Waals surface area contributed by atoms with Crippen molar-refractivity contribution in [3.8, 4) is 0 Å². The van der Waals surface area contributed by atoms with Gasteiger partial charge in [-0.1, -0.05) is 18.2 Å². The van der Waals surface area contributed by atoms with Crippen LogP contribution in [0.2, 0.25) is 0 Å². The summed E-state index contributed by atoms with van der Waals surface area (Å²) in [6.45, 7) is 8.84. The van der Waals surface area contributed by atoms with Crippen LogP contribution in [0.1, 0.15) is 39.2 Å². The standard InChI is InChI=1S/C17H24N2O2/c1-16(2,3)19-12-17(13-6-4-5-7-14(13)19)8-10-18(11-9-17)15(20)21/h4-7H,8-12H2,1-3H3,(H,20,21)/p-1. The number of benzene rings is 1. The highest BCUT2D eigenvalue weighted by Crippen LogP contribution is 2.48. The van der Waals surface area contributed by atoms with E-state index in [-0.39, 0.29) is 11.0 Å². The van der Waals surface area contributed by atoms with Crippen LogP contribution in [0.4, 0.5) is 10.5 Å². The summed E-state index contributed by atoms with van der Waals surface area (Å²) in [5.41, 5.74) is 2.87. The number of para-hydroxylation sites is 1. The van der Waals surface area contributed by atoms with Gasteiger partial charge in [0.15, 0.2) is 0 Å². The molecule has 1 aromatic carbocycles. The molecular formula is C17H23N2O2-. The number of carbonyl (C=O) groups is 1. The highest BCUT2D eigenvalue weighted by Gasteiger charge is 2.46. The van der Waals surface area contributed by atoms with Crippen molar-refractivity contribution >= 4 is 11.8 Å². The van der Waals surface area contributed by atoms with E-state index in [2.05, 4.69) is 49.9 Å². The van der Waals surface area contributed by atoms with Crippen LogP contribution >= 0.6 is 0 Å². The summed E-state index contributed by atoms with van der Waals surface area (Å²) in [7, 11) is 0. The van der Waals surface area contributed by atoms with E-state index in [0.717, 1.165) is 19.4 Å². The summed E-state index contributed by atoms with van der Waals surface area (Å²) in [4.78, 5) is 14.9. The number of fused-ring (bicyclic) bond motifs is 2. The number of hydrogen-bond acceptors (Lipinski definition) is 3. The molecule has 21 heavy (non-hydrogen) atoms. The second-order valence-electron chi connectivity index (χ2n) is 7.31. The van der Waals surface area contributed by atoms with Gasteiger partial charge in [-0.05, 0) is 45.2 Å². The lowest BCUT2D eigenvalue weighted by molar-refractivity contribution is -0.266. The van der Waals surface area contributed by atoms with Crippen LogP contribution in [-0.2, 0) is 5.41 Å². The molecule has 114 valence electrons. The molecule has 0 aromatic heterocycles. The van der Waals surface area contributed by atoms with E-state index in [9.17, 15) is 9.90 Å². The smallest absolute Gasteiger partial charge is 0.136 e. The minimum Gasteiger partial charge on any atom is -0.530 e. The molecule has 4 heteroatoms. The van der Waals surface area contributed by atoms with Crippen LogP contribution < -0.4 is 10.0 Å². The molecule has 1 fully saturated rings. The fourth-order valence-corrected chi connectivity index (χ4v) is 3.77. The van der Waals surface area contributed by atoms with Crippen LogP contribution in [0.15, 0.2) is 24.3 Å². The van der Waals surface area contributed by atoms with Crippen molar-refractivity contribution < 1.29 is 9.90 Å². The van der Waals surface area contributed by atoms with E-state index in [1.165, 1.54) is 16.2 Å². The lowest BCUT2D eigenvalue weighted by Crippen LogP contribution is -2.52. The van der Waals surface area contributed by atoms with Gasteiger partial charge in [-0.15, -0.1) is 0 Å². The van der Waals surface area contributed by atoms with E-state index in [1.807, 2.05) is 0 Å². The van der Waals surface area contributed by atoms with Gasteiger partial charge in [0, 0.05) is 36.3 Å². The van der Waals surface area contributed by atoms with Crippen molar-refractivity contribution in [2.45, 2.75) is 44.6 Å². The molecule has 0 saturated carbocycles. The number of likely N-dealkylation sites (tertiary alicyclic amines) is 1. The van der Waals surface area contributed by atoms with Crippen molar-refractivity contribution in [3.63, 3.8) is 0 Å². The Kier molecular flexibility index (Phi) is 3.15. The van der Waals surface area contributed by atoms with Gasteiger partial charge < -0.3 is 19.7 Å². The van der Waals surface area contributed by atoms with Gasteiger partial charge in [-0.3, -0.25) is 0 Å². The van der Waals surface area contributed by atoms with Crippen LogP contribution in [0.3, 0.4) is 0 Å². The quantitative estimate of drug-likeness (QED) is 0.733. The third-order valence-corrected chi connectivity index (χ3v) is 5.02. The van der Waals surface area contributed by atoms with Crippen LogP contribution in [0.25, 0.3) is 0 Å². The van der Waals surface area contributed by atoms with Crippen LogP contribution in [0, 0.1) is 0 Å². The van der Waals surface area contributed by atoms with Gasteiger partial charge in [0.25, 0.3) is 0 Å². The summed E-state index contributed by atoms with van der Waals surface area (Å²) in [6, 6.07) is 8.60. The Hall–Kier alpha value is -1.71. The molecule has 2 heterocycles. The van der Waals surface area contributed by atoms with Gasteiger partial charge in [-0.2, -0.15) is 0 Å². The Bertz CT molecular complexity index is 554. The van der Waals surface area contributed by atoms with Gasteiger partial charge >= 0.3 is 0 Å². The molecule has 0 unspecified atom stereocenters. The number of carboxylic acid groups (broad SMARTS) is 1. The Morgan fingerprint density at radius 3 is 2.38 bits per heavy atom. The first kappa shape index (κ1) is 14.2. The SMILES string of the molecule is CC(C)(C)N1CC2(CCN(C(=O)[O-])CC2)c2ccccc21. The maximum atomic E-state index is 11.0. The topological polar surface area (TPSA) is 46.6 Å². The van der Waals surface area contributed by atoms with Crippen molar-refractivity contribution in [1.82, 2.24) is 4.90 Å². The third-order valence-electron chi connectivity index (χ3n) is 5.02. The largest absolute Gasteiger partial charge is 0.530 e. The average Bonchev–Trinajstić information content (AvgIpc) is 2.75. The van der Waals surface area contributed by atoms with Crippen LogP contribution in [-0.4, -0.2) is 36.2 Å². The molecule has 0 N–H and O–H groups in total. The van der Waals surface area contributed by atoms with E-state index in [0.29, 0.717) is 13.1 Å². The van der Waals surface area contributed by atoms with Crippen molar-refractivity contribution in [2.75, 3.05) is 24.5 Å². The maximum Gasteiger partial charge on any atom is 0.136 e. The molecule has 1 aromatic rings. The fourth-order valence-electron chi connectivity index (χ4n) is 3.77. The maximum absolute atomic E-state index is 11.0. The minimum atomic E-state index is -1.04. The average molecular weight is 287 g/mol. The molecular weight excluding hydrogens is 264 g/mol. The Balaban J connectivity index is 1.94. The minimum absolute atomic E-state index is 0.0745. The molecule has 1 spiro atoms. The third kappa shape index (κ3) is 2.27. The highest BCUT2D eigenvalue weighted by atomic mass is 16.4. The second-order valence-corrected chi connectivity index (χ2v) is 7.31. The second kappa shape index (κ2) is 4.65. The summed E-state index contributed by atoms with van der Waals surface area (Å²) >= 11 is 0. The zero-order valence-corrected chi connectivity index (χ0v) is 13.1. The lowest BCUT2D eigenvalue weighted by Gasteiger charge is -2.42. The predicted molar refractivity (Wildman–Crippen MR) is 81.4 cm³/mol. The van der Waals surface area contributed by atoms with Gasteiger partial charge in [-0.25, -0.2) is 0 Å². The molecule has 4 nitrogen and oxygen atoms in total. The van der Waals surface area contributed by atoms with Crippen LogP contribution in [0.5, 0.6) is 0 Å². The molecule has 2 aliphatic rings. The lowest BCUT2D eigenvalue weighted by atomic mass is 9.74.